The number of nitriles is 1. The predicted octanol–water partition coefficient (Wildman–Crippen LogP) is 1.07. The summed E-state index contributed by atoms with van der Waals surface area (Å²) >= 11 is 0. The first-order chi connectivity index (χ1) is 15.1. The van der Waals surface area contributed by atoms with Crippen molar-refractivity contribution < 1.29 is 19.5 Å². The average molecular weight is 435 g/mol. The van der Waals surface area contributed by atoms with E-state index in [1.807, 2.05) is 6.07 Å². The first-order valence-corrected chi connectivity index (χ1v) is 9.88. The van der Waals surface area contributed by atoms with Gasteiger partial charge in [-0.3, -0.25) is 24.1 Å². The third-order valence-corrected chi connectivity index (χ3v) is 5.17. The van der Waals surface area contributed by atoms with E-state index in [1.54, 1.807) is 13.8 Å². The van der Waals surface area contributed by atoms with Crippen LogP contribution in [0.4, 0.5) is 0 Å². The Hall–Kier alpha value is -4.19. The van der Waals surface area contributed by atoms with E-state index in [0.717, 1.165) is 9.47 Å². The molecule has 2 heterocycles. The smallest absolute Gasteiger partial charge is 0.271 e. The molecule has 32 heavy (non-hydrogen) atoms. The molecule has 3 amide bonds. The fourth-order valence-electron chi connectivity index (χ4n) is 3.41. The highest BCUT2D eigenvalue weighted by Crippen LogP contribution is 2.25. The van der Waals surface area contributed by atoms with Gasteiger partial charge in [-0.25, -0.2) is 0 Å². The van der Waals surface area contributed by atoms with Crippen molar-refractivity contribution in [1.82, 2.24) is 9.47 Å². The molecule has 0 atom stereocenters. The molecule has 0 saturated carbocycles. The van der Waals surface area contributed by atoms with Gasteiger partial charge < -0.3 is 15.4 Å². The van der Waals surface area contributed by atoms with E-state index in [4.69, 9.17) is 5.73 Å². The van der Waals surface area contributed by atoms with Crippen molar-refractivity contribution in [2.24, 2.45) is 5.73 Å². The fourth-order valence-corrected chi connectivity index (χ4v) is 3.41. The van der Waals surface area contributed by atoms with E-state index in [2.05, 4.69) is 0 Å². The molecule has 1 aromatic heterocycles. The summed E-state index contributed by atoms with van der Waals surface area (Å²) in [6.07, 6.45) is 7.49. The molecule has 2 N–H and O–H groups in total. The van der Waals surface area contributed by atoms with Crippen molar-refractivity contribution in [1.29, 1.82) is 5.26 Å². The van der Waals surface area contributed by atoms with Gasteiger partial charge in [0.05, 0.1) is 5.56 Å². The molecule has 1 aliphatic heterocycles. The molecule has 0 saturated heterocycles. The molecule has 0 aliphatic carbocycles. The van der Waals surface area contributed by atoms with Crippen LogP contribution in [0.15, 0.2) is 45.8 Å². The van der Waals surface area contributed by atoms with E-state index in [-0.39, 0.29) is 40.9 Å². The zero-order valence-electron chi connectivity index (χ0n) is 18.3. The van der Waals surface area contributed by atoms with Crippen LogP contribution in [0.5, 0.6) is 5.88 Å². The summed E-state index contributed by atoms with van der Waals surface area (Å²) in [4.78, 5) is 50.0. The minimum Gasteiger partial charge on any atom is -0.859 e. The van der Waals surface area contributed by atoms with Crippen LogP contribution in [0.25, 0.3) is 6.08 Å². The topological polar surface area (TPSA) is 149 Å². The summed E-state index contributed by atoms with van der Waals surface area (Å²) in [6, 6.07) is 1.84. The lowest BCUT2D eigenvalue weighted by atomic mass is 9.95. The highest BCUT2D eigenvalue weighted by molar-refractivity contribution is 6.18. The zero-order valence-corrected chi connectivity index (χ0v) is 18.3. The van der Waals surface area contributed by atoms with Crippen LogP contribution in [0, 0.1) is 18.3 Å². The lowest BCUT2D eigenvalue weighted by Crippen LogP contribution is -2.42. The summed E-state index contributed by atoms with van der Waals surface area (Å²) in [6.45, 7) is 6.48. The number of allylic oxidation sites excluding steroid dienone is 4. The van der Waals surface area contributed by atoms with Gasteiger partial charge in [-0.2, -0.15) is 5.26 Å². The second-order valence-corrected chi connectivity index (χ2v) is 6.92. The first kappa shape index (κ1) is 24.1. The molecule has 0 radical (unpaired) electrons. The second-order valence-electron chi connectivity index (χ2n) is 6.92. The number of carbonyl (C=O) groups excluding carboxylic acids is 3. The van der Waals surface area contributed by atoms with Gasteiger partial charge in [0.25, 0.3) is 17.4 Å². The molecule has 0 bridgehead atoms. The Morgan fingerprint density at radius 2 is 1.75 bits per heavy atom. The average Bonchev–Trinajstić information content (AvgIpc) is 2.72. The van der Waals surface area contributed by atoms with Crippen LogP contribution in [0.3, 0.4) is 0 Å². The number of amides is 3. The number of aromatic nitrogens is 1. The van der Waals surface area contributed by atoms with Gasteiger partial charge in [0.1, 0.15) is 11.6 Å². The SMILES string of the molecule is CCN1C(=O)C(=CC=CC=Cc2c(C)c(C(N)=O)c([O-])n(CC)c2=O)C(C)=C(C#N)C1=O. The molecule has 9 nitrogen and oxygen atoms in total. The van der Waals surface area contributed by atoms with E-state index in [9.17, 15) is 29.5 Å². The number of carbonyl (C=O) groups is 3. The van der Waals surface area contributed by atoms with Crippen LogP contribution in [-0.4, -0.2) is 33.7 Å². The number of pyridine rings is 1. The van der Waals surface area contributed by atoms with Crippen LogP contribution < -0.4 is 16.4 Å². The first-order valence-electron chi connectivity index (χ1n) is 9.88. The number of imide groups is 1. The summed E-state index contributed by atoms with van der Waals surface area (Å²) in [5.74, 6) is -2.75. The molecule has 0 unspecified atom stereocenters. The van der Waals surface area contributed by atoms with Gasteiger partial charge in [-0.1, -0.05) is 18.2 Å². The van der Waals surface area contributed by atoms with Gasteiger partial charge in [0.2, 0.25) is 5.91 Å². The van der Waals surface area contributed by atoms with E-state index in [1.165, 1.54) is 44.2 Å². The monoisotopic (exact) mass is 435 g/mol. The number of nitrogens with zero attached hydrogens (tertiary/aromatic N) is 3. The molecule has 1 aliphatic rings. The maximum atomic E-state index is 12.6. The van der Waals surface area contributed by atoms with Gasteiger partial charge in [0, 0.05) is 24.2 Å². The number of rotatable bonds is 6. The van der Waals surface area contributed by atoms with Crippen molar-refractivity contribution >= 4 is 23.8 Å². The normalized spacial score (nSPS) is 16.0. The Bertz CT molecular complexity index is 1220. The Morgan fingerprint density at radius 3 is 2.28 bits per heavy atom. The zero-order chi connectivity index (χ0) is 24.2. The third kappa shape index (κ3) is 4.16. The quantitative estimate of drug-likeness (QED) is 0.401. The van der Waals surface area contributed by atoms with Gasteiger partial charge in [0.15, 0.2) is 0 Å². The number of primary amides is 1. The molecule has 0 aromatic carbocycles. The summed E-state index contributed by atoms with van der Waals surface area (Å²) in [5.41, 5.74) is 5.29. The Labute approximate surface area is 185 Å². The fraction of sp³-hybridized carbons (Fsp3) is 0.261. The summed E-state index contributed by atoms with van der Waals surface area (Å²) in [5, 5.41) is 21.6. The molecule has 2 rings (SSSR count). The largest absolute Gasteiger partial charge is 0.859 e. The minimum atomic E-state index is -0.911. The molecule has 0 fully saturated rings. The number of hydrogen-bond donors (Lipinski definition) is 1. The minimum absolute atomic E-state index is 0.0859. The molecular weight excluding hydrogens is 412 g/mol. The molecule has 0 spiro atoms. The number of hydrogen-bond acceptors (Lipinski definition) is 6. The van der Waals surface area contributed by atoms with Crippen LogP contribution in [0.2, 0.25) is 0 Å². The van der Waals surface area contributed by atoms with Gasteiger partial charge >= 0.3 is 0 Å². The predicted molar refractivity (Wildman–Crippen MR) is 116 cm³/mol. The van der Waals surface area contributed by atoms with Gasteiger partial charge in [-0.15, -0.1) is 0 Å². The van der Waals surface area contributed by atoms with E-state index >= 15 is 0 Å². The number of likely N-dealkylation sites (N-methyl/N-ethyl adjacent to an activating group) is 1. The van der Waals surface area contributed by atoms with E-state index in [0.29, 0.717) is 5.57 Å². The Morgan fingerprint density at radius 1 is 1.09 bits per heavy atom. The van der Waals surface area contributed by atoms with Crippen molar-refractivity contribution in [3.05, 3.63) is 68.1 Å². The highest BCUT2D eigenvalue weighted by Gasteiger charge is 2.33. The van der Waals surface area contributed by atoms with Crippen molar-refractivity contribution in [2.75, 3.05) is 6.54 Å². The summed E-state index contributed by atoms with van der Waals surface area (Å²) < 4.78 is 0.938. The lowest BCUT2D eigenvalue weighted by molar-refractivity contribution is -0.280. The van der Waals surface area contributed by atoms with Crippen LogP contribution in [-0.2, 0) is 16.1 Å². The molecule has 166 valence electrons. The highest BCUT2D eigenvalue weighted by atomic mass is 16.3. The van der Waals surface area contributed by atoms with E-state index < -0.39 is 29.2 Å². The maximum Gasteiger partial charge on any atom is 0.271 e. The van der Waals surface area contributed by atoms with Crippen LogP contribution >= 0.6 is 0 Å². The molecular formula is C23H23N4O5-. The third-order valence-electron chi connectivity index (χ3n) is 5.17. The lowest BCUT2D eigenvalue weighted by Gasteiger charge is -2.25. The van der Waals surface area contributed by atoms with Gasteiger partial charge in [-0.05, 0) is 56.9 Å². The van der Waals surface area contributed by atoms with Crippen LogP contribution in [0.1, 0.15) is 42.3 Å². The Kier molecular flexibility index (Phi) is 7.33. The van der Waals surface area contributed by atoms with Crippen molar-refractivity contribution in [2.45, 2.75) is 34.2 Å². The molecule has 1 aromatic rings. The Balaban J connectivity index is 2.45. The number of nitrogens with two attached hydrogens (primary N) is 1. The van der Waals surface area contributed by atoms with Crippen molar-refractivity contribution in [3.63, 3.8) is 0 Å². The second kappa shape index (κ2) is 9.75. The maximum absolute atomic E-state index is 12.6. The standard InChI is InChI=1S/C23H24N4O5/c1-5-26-20(29)15(13(3)17(12-24)22(26)31)10-8-7-9-11-16-14(4)18(19(25)28)23(32)27(6-2)21(16)30/h7-11,32H,5-6H2,1-4H3,(H2,25,28)/p-1. The van der Waals surface area contributed by atoms with Crippen molar-refractivity contribution in [3.8, 4) is 11.9 Å². The molecule has 9 heteroatoms. The summed E-state index contributed by atoms with van der Waals surface area (Å²) in [7, 11) is 0.